The highest BCUT2D eigenvalue weighted by molar-refractivity contribution is 6.91. The zero-order valence-electron chi connectivity index (χ0n) is 11.4. The fraction of sp³-hybridized carbons (Fsp3) is 0.833. The van der Waals surface area contributed by atoms with Crippen molar-refractivity contribution in [2.24, 2.45) is 0 Å². The highest BCUT2D eigenvalue weighted by atomic mass is 28.3. The molecule has 0 aromatic heterocycles. The van der Waals surface area contributed by atoms with E-state index in [1.54, 1.807) is 0 Å². The van der Waals surface area contributed by atoms with Crippen molar-refractivity contribution in [2.75, 3.05) is 6.61 Å². The summed E-state index contributed by atoms with van der Waals surface area (Å²) in [6, 6.07) is 0. The molecule has 1 nitrogen and oxygen atoms in total. The van der Waals surface area contributed by atoms with Crippen LogP contribution in [0, 0.1) is 11.1 Å². The van der Waals surface area contributed by atoms with Gasteiger partial charge in [-0.1, -0.05) is 46.6 Å². The van der Waals surface area contributed by atoms with Crippen LogP contribution < -0.4 is 0 Å². The third-order valence-electron chi connectivity index (χ3n) is 3.18. The number of aliphatic hydroxyl groups is 1. The molecule has 0 heterocycles. The van der Waals surface area contributed by atoms with Crippen molar-refractivity contribution in [3.8, 4) is 11.1 Å². The van der Waals surface area contributed by atoms with Gasteiger partial charge in [-0.25, -0.2) is 0 Å². The van der Waals surface area contributed by atoms with Gasteiger partial charge in [0.05, 0.1) is 0 Å². The molecule has 0 atom stereocenters. The quantitative estimate of drug-likeness (QED) is 0.595. The van der Waals surface area contributed by atoms with Crippen LogP contribution in [-0.2, 0) is 0 Å². The van der Waals surface area contributed by atoms with Crippen molar-refractivity contribution in [1.82, 2.24) is 0 Å². The molecule has 0 rings (SSSR count). The summed E-state index contributed by atoms with van der Waals surface area (Å²) in [5, 5.41) is 9.28. The van der Waals surface area contributed by atoms with Crippen LogP contribution in [-0.4, -0.2) is 27.9 Å². The van der Waals surface area contributed by atoms with E-state index in [9.17, 15) is 0 Å². The summed E-state index contributed by atoms with van der Waals surface area (Å²) in [5.74, 6) is 0. The molecule has 0 saturated heterocycles. The van der Waals surface area contributed by atoms with Crippen LogP contribution >= 0.6 is 0 Å². The first-order valence-electron chi connectivity index (χ1n) is 5.67. The largest absolute Gasteiger partial charge is 0.396 e. The summed E-state index contributed by atoms with van der Waals surface area (Å²) in [7, 11) is -2.81. The molecule has 88 valence electrons. The molecular weight excluding hydrogens is 216 g/mol. The number of hydrogen-bond donors (Lipinski definition) is 1. The first kappa shape index (κ1) is 15.0. The monoisotopic (exact) mass is 242 g/mol. The van der Waals surface area contributed by atoms with Gasteiger partial charge in [0.25, 0.3) is 0 Å². The average Bonchev–Trinajstić information content (AvgIpc) is 1.99. The van der Waals surface area contributed by atoms with Gasteiger partial charge in [-0.15, -0.1) is 11.1 Å². The molecule has 0 aliphatic heterocycles. The van der Waals surface area contributed by atoms with E-state index in [1.807, 2.05) is 0 Å². The van der Waals surface area contributed by atoms with E-state index in [4.69, 9.17) is 5.11 Å². The van der Waals surface area contributed by atoms with Crippen molar-refractivity contribution in [1.29, 1.82) is 0 Å². The second kappa shape index (κ2) is 4.86. The molecule has 0 bridgehead atoms. The van der Waals surface area contributed by atoms with Crippen molar-refractivity contribution >= 4 is 16.1 Å². The Morgan fingerprint density at radius 1 is 1.00 bits per heavy atom. The molecule has 0 amide bonds. The topological polar surface area (TPSA) is 20.2 Å². The summed E-state index contributed by atoms with van der Waals surface area (Å²) in [6.07, 6.45) is 0.868. The third kappa shape index (κ3) is 5.01. The minimum atomic E-state index is -1.55. The van der Waals surface area contributed by atoms with Gasteiger partial charge in [0.1, 0.15) is 16.1 Å². The Morgan fingerprint density at radius 2 is 1.47 bits per heavy atom. The van der Waals surface area contributed by atoms with E-state index in [0.717, 1.165) is 6.42 Å². The summed E-state index contributed by atoms with van der Waals surface area (Å²) in [4.78, 5) is 0. The molecule has 15 heavy (non-hydrogen) atoms. The first-order chi connectivity index (χ1) is 6.52. The molecule has 3 heteroatoms. The lowest BCUT2D eigenvalue weighted by Crippen LogP contribution is -2.39. The van der Waals surface area contributed by atoms with Gasteiger partial charge in [-0.05, 0) is 11.5 Å². The molecule has 1 N–H and O–H groups in total. The van der Waals surface area contributed by atoms with Crippen molar-refractivity contribution in [3.05, 3.63) is 0 Å². The summed E-state index contributed by atoms with van der Waals surface area (Å²) >= 11 is 0. The summed E-state index contributed by atoms with van der Waals surface area (Å²) in [6.45, 7) is 16.2. The van der Waals surface area contributed by atoms with Crippen molar-refractivity contribution < 1.29 is 5.11 Å². The standard InChI is InChI=1S/C12H26OSi2/c1-12(2,8-9-13)15(6,7)11-10-14(3,4)5/h13H,8-9H2,1-7H3. The smallest absolute Gasteiger partial charge is 0.137 e. The van der Waals surface area contributed by atoms with E-state index >= 15 is 0 Å². The molecule has 0 aromatic carbocycles. The molecule has 0 aromatic rings. The zero-order valence-corrected chi connectivity index (χ0v) is 13.4. The Hall–Kier alpha value is -0.0462. The first-order valence-corrected chi connectivity index (χ1v) is 12.2. The maximum atomic E-state index is 9.08. The van der Waals surface area contributed by atoms with Crippen LogP contribution in [0.5, 0.6) is 0 Å². The van der Waals surface area contributed by atoms with Crippen LogP contribution in [0.25, 0.3) is 0 Å². The molecule has 0 aliphatic carbocycles. The molecule has 0 aliphatic rings. The maximum absolute atomic E-state index is 9.08. The SMILES string of the molecule is CC(C)(CCO)[Si](C)(C)C#C[Si](C)(C)C. The Bertz CT molecular complexity index is 264. The second-order valence-electron chi connectivity index (χ2n) is 6.48. The van der Waals surface area contributed by atoms with Gasteiger partial charge in [0.2, 0.25) is 0 Å². The number of aliphatic hydroxyl groups excluding tert-OH is 1. The Balaban J connectivity index is 4.87. The van der Waals surface area contributed by atoms with Gasteiger partial charge in [-0.3, -0.25) is 0 Å². The van der Waals surface area contributed by atoms with Gasteiger partial charge in [-0.2, -0.15) is 0 Å². The van der Waals surface area contributed by atoms with E-state index in [-0.39, 0.29) is 11.6 Å². The Morgan fingerprint density at radius 3 is 1.80 bits per heavy atom. The zero-order chi connectivity index (χ0) is 12.3. The predicted octanol–water partition coefficient (Wildman–Crippen LogP) is 3.28. The van der Waals surface area contributed by atoms with Gasteiger partial charge in [0.15, 0.2) is 0 Å². The second-order valence-corrected chi connectivity index (χ2v) is 16.1. The third-order valence-corrected chi connectivity index (χ3v) is 8.69. The highest BCUT2D eigenvalue weighted by Crippen LogP contribution is 2.39. The lowest BCUT2D eigenvalue weighted by Gasteiger charge is -2.35. The highest BCUT2D eigenvalue weighted by Gasteiger charge is 2.37. The van der Waals surface area contributed by atoms with Crippen LogP contribution in [0.2, 0.25) is 37.8 Å². The molecule has 0 spiro atoms. The van der Waals surface area contributed by atoms with Gasteiger partial charge >= 0.3 is 0 Å². The van der Waals surface area contributed by atoms with Gasteiger partial charge < -0.3 is 5.11 Å². The number of rotatable bonds is 3. The predicted molar refractivity (Wildman–Crippen MR) is 74.3 cm³/mol. The maximum Gasteiger partial charge on any atom is 0.137 e. The van der Waals surface area contributed by atoms with Crippen molar-refractivity contribution in [3.63, 3.8) is 0 Å². The minimum absolute atomic E-state index is 0.203. The molecule has 0 fully saturated rings. The van der Waals surface area contributed by atoms with Gasteiger partial charge in [0, 0.05) is 6.61 Å². The van der Waals surface area contributed by atoms with Crippen LogP contribution in [0.3, 0.4) is 0 Å². The Labute approximate surface area is 97.3 Å². The fourth-order valence-corrected chi connectivity index (χ4v) is 4.93. The van der Waals surface area contributed by atoms with Crippen LogP contribution in [0.1, 0.15) is 20.3 Å². The Kier molecular flexibility index (Phi) is 4.84. The van der Waals surface area contributed by atoms with E-state index in [1.165, 1.54) is 0 Å². The molecule has 0 saturated carbocycles. The van der Waals surface area contributed by atoms with E-state index < -0.39 is 16.1 Å². The van der Waals surface area contributed by atoms with E-state index in [2.05, 4.69) is 57.7 Å². The normalized spacial score (nSPS) is 13.3. The number of hydrogen-bond acceptors (Lipinski definition) is 1. The lowest BCUT2D eigenvalue weighted by molar-refractivity contribution is 0.269. The van der Waals surface area contributed by atoms with Crippen LogP contribution in [0.4, 0.5) is 0 Å². The summed E-state index contributed by atoms with van der Waals surface area (Å²) in [5.41, 5.74) is 7.06. The van der Waals surface area contributed by atoms with Crippen molar-refractivity contribution in [2.45, 2.75) is 58.0 Å². The lowest BCUT2D eigenvalue weighted by atomic mass is 10.1. The van der Waals surface area contributed by atoms with E-state index in [0.29, 0.717) is 0 Å². The molecule has 0 radical (unpaired) electrons. The molecular formula is C12H26OSi2. The minimum Gasteiger partial charge on any atom is -0.396 e. The van der Waals surface area contributed by atoms with Crippen LogP contribution in [0.15, 0.2) is 0 Å². The summed E-state index contributed by atoms with van der Waals surface area (Å²) < 4.78 is 0. The average molecular weight is 243 g/mol. The molecule has 0 unspecified atom stereocenters. The fourth-order valence-electron chi connectivity index (χ4n) is 1.10.